The van der Waals surface area contributed by atoms with Crippen LogP contribution in [-0.2, 0) is 16.1 Å². The maximum Gasteiger partial charge on any atom is 0.280 e. The van der Waals surface area contributed by atoms with Gasteiger partial charge in [-0.2, -0.15) is 4.98 Å². The standard InChI is InChI=1S/C21H24N8O3/c22-20-25-17-16(18(31)26-20)23-12-28(17)11-15(30)10-27-8-6-21(7-9-27)19(32)24-13-29(21)14-4-2-1-3-5-14/h1-5,12H,6-11,13H2,(H,24,32)(H3,22,25,26,31). The Labute approximate surface area is 183 Å². The summed E-state index contributed by atoms with van der Waals surface area (Å²) in [5, 5.41) is 2.99. The summed E-state index contributed by atoms with van der Waals surface area (Å²) in [5.74, 6) is -0.00127. The molecule has 0 unspecified atom stereocenters. The monoisotopic (exact) mass is 436 g/mol. The fourth-order valence-electron chi connectivity index (χ4n) is 4.69. The molecule has 2 fully saturated rings. The van der Waals surface area contributed by atoms with Gasteiger partial charge in [0, 0.05) is 18.8 Å². The number of hydrogen-bond donors (Lipinski definition) is 3. The molecule has 1 spiro atoms. The van der Waals surface area contributed by atoms with Gasteiger partial charge in [0.15, 0.2) is 16.9 Å². The number of likely N-dealkylation sites (tertiary alicyclic amines) is 1. The average Bonchev–Trinajstić information content (AvgIpc) is 3.32. The molecule has 1 amide bonds. The molecule has 11 nitrogen and oxygen atoms in total. The first-order valence-electron chi connectivity index (χ1n) is 10.5. The number of aromatic amines is 1. The zero-order valence-corrected chi connectivity index (χ0v) is 17.5. The first-order valence-corrected chi connectivity index (χ1v) is 10.5. The van der Waals surface area contributed by atoms with Crippen LogP contribution in [0.1, 0.15) is 12.8 Å². The van der Waals surface area contributed by atoms with Crippen molar-refractivity contribution in [1.29, 1.82) is 0 Å². The molecule has 3 aromatic rings. The third-order valence-corrected chi connectivity index (χ3v) is 6.33. The lowest BCUT2D eigenvalue weighted by molar-refractivity contribution is -0.125. The van der Waals surface area contributed by atoms with Gasteiger partial charge in [-0.15, -0.1) is 0 Å². The van der Waals surface area contributed by atoms with Crippen LogP contribution in [0.5, 0.6) is 0 Å². The summed E-state index contributed by atoms with van der Waals surface area (Å²) in [4.78, 5) is 52.1. The lowest BCUT2D eigenvalue weighted by Gasteiger charge is -2.43. The van der Waals surface area contributed by atoms with Crippen molar-refractivity contribution >= 4 is 34.5 Å². The molecule has 1 aromatic carbocycles. The largest absolute Gasteiger partial charge is 0.369 e. The minimum Gasteiger partial charge on any atom is -0.369 e. The molecule has 0 saturated carbocycles. The van der Waals surface area contributed by atoms with E-state index in [1.165, 1.54) is 10.9 Å². The Morgan fingerprint density at radius 2 is 1.88 bits per heavy atom. The predicted octanol–water partition coefficient (Wildman–Crippen LogP) is -0.301. The number of para-hydroxylation sites is 1. The molecule has 0 bridgehead atoms. The number of ketones is 1. The molecule has 5 rings (SSSR count). The normalized spacial score (nSPS) is 18.4. The molecule has 166 valence electrons. The minimum atomic E-state index is -0.579. The Hall–Kier alpha value is -3.73. The van der Waals surface area contributed by atoms with Gasteiger partial charge < -0.3 is 20.5 Å². The highest BCUT2D eigenvalue weighted by Crippen LogP contribution is 2.36. The molecule has 2 aliphatic heterocycles. The first-order chi connectivity index (χ1) is 15.5. The van der Waals surface area contributed by atoms with Crippen molar-refractivity contribution in [3.8, 4) is 0 Å². The summed E-state index contributed by atoms with van der Waals surface area (Å²) in [5.41, 5.74) is 6.07. The van der Waals surface area contributed by atoms with Crippen LogP contribution in [0.15, 0.2) is 41.5 Å². The van der Waals surface area contributed by atoms with Crippen LogP contribution in [0.4, 0.5) is 11.6 Å². The van der Waals surface area contributed by atoms with Crippen LogP contribution < -0.4 is 21.5 Å². The molecule has 2 aliphatic rings. The maximum absolute atomic E-state index is 12.8. The molecule has 0 radical (unpaired) electrons. The number of Topliss-reactive ketones (excluding diaryl/α,β-unsaturated/α-hetero) is 1. The third-order valence-electron chi connectivity index (χ3n) is 6.33. The molecule has 4 N–H and O–H groups in total. The minimum absolute atomic E-state index is 0.0177. The molecular formula is C21H24N8O3. The smallest absolute Gasteiger partial charge is 0.280 e. The molecular weight excluding hydrogens is 412 g/mol. The number of nitrogen functional groups attached to an aromatic ring is 1. The quantitative estimate of drug-likeness (QED) is 0.495. The van der Waals surface area contributed by atoms with Crippen LogP contribution in [0.2, 0.25) is 0 Å². The van der Waals surface area contributed by atoms with Crippen molar-refractivity contribution < 1.29 is 9.59 Å². The highest BCUT2D eigenvalue weighted by Gasteiger charge is 2.50. The summed E-state index contributed by atoms with van der Waals surface area (Å²) in [6.45, 7) is 2.06. The van der Waals surface area contributed by atoms with Gasteiger partial charge in [-0.25, -0.2) is 4.98 Å². The number of imidazole rings is 1. The van der Waals surface area contributed by atoms with Crippen molar-refractivity contribution in [2.45, 2.75) is 24.9 Å². The number of anilines is 2. The number of nitrogens with zero attached hydrogens (tertiary/aromatic N) is 5. The number of amides is 1. The number of rotatable bonds is 5. The van der Waals surface area contributed by atoms with Gasteiger partial charge in [-0.3, -0.25) is 24.3 Å². The number of carbonyl (C=O) groups is 2. The van der Waals surface area contributed by atoms with E-state index in [1.807, 2.05) is 30.3 Å². The Kier molecular flexibility index (Phi) is 4.89. The maximum atomic E-state index is 12.8. The van der Waals surface area contributed by atoms with Crippen LogP contribution in [0, 0.1) is 0 Å². The number of piperidine rings is 1. The van der Waals surface area contributed by atoms with E-state index in [0.29, 0.717) is 38.2 Å². The van der Waals surface area contributed by atoms with Crippen LogP contribution in [0.3, 0.4) is 0 Å². The van der Waals surface area contributed by atoms with Gasteiger partial charge in [0.1, 0.15) is 5.54 Å². The van der Waals surface area contributed by atoms with Crippen molar-refractivity contribution in [1.82, 2.24) is 29.7 Å². The molecule has 11 heteroatoms. The Balaban J connectivity index is 1.25. The van der Waals surface area contributed by atoms with Gasteiger partial charge in [0.25, 0.3) is 5.56 Å². The van der Waals surface area contributed by atoms with E-state index in [9.17, 15) is 14.4 Å². The van der Waals surface area contributed by atoms with Crippen LogP contribution in [-0.4, -0.2) is 68.0 Å². The zero-order valence-electron chi connectivity index (χ0n) is 17.5. The first kappa shape index (κ1) is 20.2. The third kappa shape index (κ3) is 3.40. The van der Waals surface area contributed by atoms with E-state index in [2.05, 4.69) is 30.1 Å². The molecule has 32 heavy (non-hydrogen) atoms. The Bertz CT molecular complexity index is 1230. The van der Waals surface area contributed by atoms with Crippen molar-refractivity contribution in [2.75, 3.05) is 36.9 Å². The van der Waals surface area contributed by atoms with Crippen molar-refractivity contribution in [2.24, 2.45) is 0 Å². The fraction of sp³-hybridized carbons (Fsp3) is 0.381. The zero-order chi connectivity index (χ0) is 22.3. The van der Waals surface area contributed by atoms with E-state index < -0.39 is 11.1 Å². The van der Waals surface area contributed by atoms with E-state index in [1.54, 1.807) is 0 Å². The lowest BCUT2D eigenvalue weighted by Crippen LogP contribution is -2.57. The second-order valence-electron chi connectivity index (χ2n) is 8.27. The molecule has 4 heterocycles. The summed E-state index contributed by atoms with van der Waals surface area (Å²) in [6.07, 6.45) is 2.71. The summed E-state index contributed by atoms with van der Waals surface area (Å²) >= 11 is 0. The molecule has 0 atom stereocenters. The number of nitrogens with one attached hydrogen (secondary N) is 2. The summed E-state index contributed by atoms with van der Waals surface area (Å²) in [7, 11) is 0. The number of nitrogens with two attached hydrogens (primary N) is 1. The molecule has 2 saturated heterocycles. The van der Waals surface area contributed by atoms with Crippen molar-refractivity contribution in [3.63, 3.8) is 0 Å². The number of H-pyrrole nitrogens is 1. The van der Waals surface area contributed by atoms with Gasteiger partial charge in [-0.05, 0) is 25.0 Å². The predicted molar refractivity (Wildman–Crippen MR) is 118 cm³/mol. The van der Waals surface area contributed by atoms with Crippen LogP contribution >= 0.6 is 0 Å². The van der Waals surface area contributed by atoms with E-state index in [4.69, 9.17) is 5.73 Å². The second-order valence-corrected chi connectivity index (χ2v) is 8.27. The SMILES string of the molecule is Nc1nc2c(ncn2CC(=O)CN2CCC3(CC2)C(=O)NCN3c2ccccc2)c(=O)[nH]1. The number of aromatic nitrogens is 4. The van der Waals surface area contributed by atoms with E-state index in [0.717, 1.165) is 5.69 Å². The lowest BCUT2D eigenvalue weighted by atomic mass is 9.85. The number of hydrogen-bond acceptors (Lipinski definition) is 8. The Morgan fingerprint density at radius 1 is 1.12 bits per heavy atom. The average molecular weight is 436 g/mol. The van der Waals surface area contributed by atoms with Crippen molar-refractivity contribution in [3.05, 3.63) is 47.0 Å². The second kappa shape index (κ2) is 7.75. The molecule has 2 aromatic heterocycles. The fourth-order valence-corrected chi connectivity index (χ4v) is 4.69. The Morgan fingerprint density at radius 3 is 2.62 bits per heavy atom. The van der Waals surface area contributed by atoms with Gasteiger partial charge in [0.05, 0.1) is 26.1 Å². The number of carbonyl (C=O) groups excluding carboxylic acids is 2. The highest BCUT2D eigenvalue weighted by atomic mass is 16.2. The highest BCUT2D eigenvalue weighted by molar-refractivity contribution is 5.93. The topological polar surface area (TPSA) is 142 Å². The van der Waals surface area contributed by atoms with E-state index >= 15 is 0 Å². The van der Waals surface area contributed by atoms with Gasteiger partial charge in [-0.1, -0.05) is 18.2 Å². The molecule has 0 aliphatic carbocycles. The van der Waals surface area contributed by atoms with Gasteiger partial charge >= 0.3 is 0 Å². The number of fused-ring (bicyclic) bond motifs is 1. The van der Waals surface area contributed by atoms with E-state index in [-0.39, 0.29) is 36.2 Å². The summed E-state index contributed by atoms with van der Waals surface area (Å²) < 4.78 is 1.54. The number of benzene rings is 1. The summed E-state index contributed by atoms with van der Waals surface area (Å²) in [6, 6.07) is 9.92. The van der Waals surface area contributed by atoms with Crippen LogP contribution in [0.25, 0.3) is 11.2 Å². The van der Waals surface area contributed by atoms with Gasteiger partial charge in [0.2, 0.25) is 11.9 Å².